The molecule has 0 saturated heterocycles. The van der Waals surface area contributed by atoms with Crippen molar-refractivity contribution in [1.82, 2.24) is 10.3 Å². The number of carboxylic acid groups (broad SMARTS) is 1. The summed E-state index contributed by atoms with van der Waals surface area (Å²) < 4.78 is 0. The lowest BCUT2D eigenvalue weighted by Gasteiger charge is -2.05. The van der Waals surface area contributed by atoms with Crippen molar-refractivity contribution in [3.63, 3.8) is 0 Å². The van der Waals surface area contributed by atoms with Crippen molar-refractivity contribution in [3.05, 3.63) is 30.0 Å². The number of anilines is 1. The summed E-state index contributed by atoms with van der Waals surface area (Å²) in [6, 6.07) is 3.25. The Morgan fingerprint density at radius 3 is 2.89 bits per heavy atom. The number of hydrogen-bond donors (Lipinski definition) is 3. The van der Waals surface area contributed by atoms with Gasteiger partial charge >= 0.3 is 12.0 Å². The number of carbonyl (C=O) groups excluding carboxylic acids is 1. The molecule has 1 aromatic rings. The smallest absolute Gasteiger partial charge is 0.328 e. The van der Waals surface area contributed by atoms with Crippen LogP contribution in [0, 0.1) is 0 Å². The minimum absolute atomic E-state index is 0.278. The van der Waals surface area contributed by atoms with E-state index in [1.807, 2.05) is 0 Å². The predicted molar refractivity (Wildman–Crippen MR) is 66.1 cm³/mol. The van der Waals surface area contributed by atoms with Crippen molar-refractivity contribution in [3.8, 4) is 0 Å². The van der Waals surface area contributed by atoms with Crippen molar-refractivity contribution in [2.75, 3.05) is 5.32 Å². The first-order chi connectivity index (χ1) is 8.63. The largest absolute Gasteiger partial charge is 0.478 e. The number of rotatable bonds is 4. The Labute approximate surface area is 104 Å². The molecule has 0 spiro atoms. The molecule has 94 valence electrons. The fourth-order valence-corrected chi connectivity index (χ4v) is 1.35. The third-order valence-corrected chi connectivity index (χ3v) is 2.36. The average Bonchev–Trinajstić information content (AvgIpc) is 3.10. The lowest BCUT2D eigenvalue weighted by atomic mass is 10.2. The number of nitrogens with zero attached hydrogens (tertiary/aromatic N) is 1. The number of hydrogen-bond acceptors (Lipinski definition) is 3. The number of carboxylic acids is 1. The van der Waals surface area contributed by atoms with E-state index in [4.69, 9.17) is 5.11 Å². The highest BCUT2D eigenvalue weighted by Gasteiger charge is 2.23. The summed E-state index contributed by atoms with van der Waals surface area (Å²) in [6.45, 7) is 0. The second-order valence-electron chi connectivity index (χ2n) is 4.02. The maximum Gasteiger partial charge on any atom is 0.328 e. The van der Waals surface area contributed by atoms with E-state index in [-0.39, 0.29) is 12.1 Å². The number of aliphatic carboxylic acids is 1. The Morgan fingerprint density at radius 2 is 2.22 bits per heavy atom. The topological polar surface area (TPSA) is 91.3 Å². The van der Waals surface area contributed by atoms with E-state index in [9.17, 15) is 9.59 Å². The van der Waals surface area contributed by atoms with Gasteiger partial charge in [-0.2, -0.15) is 0 Å². The molecule has 1 saturated carbocycles. The Balaban J connectivity index is 1.97. The molecule has 0 atom stereocenters. The van der Waals surface area contributed by atoms with Crippen LogP contribution in [0.4, 0.5) is 10.6 Å². The van der Waals surface area contributed by atoms with E-state index in [1.165, 1.54) is 12.3 Å². The van der Waals surface area contributed by atoms with E-state index in [0.29, 0.717) is 11.4 Å². The third-order valence-electron chi connectivity index (χ3n) is 2.36. The van der Waals surface area contributed by atoms with Gasteiger partial charge in [0.05, 0.1) is 0 Å². The molecule has 6 heteroatoms. The Morgan fingerprint density at radius 1 is 1.44 bits per heavy atom. The van der Waals surface area contributed by atoms with Gasteiger partial charge in [0.25, 0.3) is 0 Å². The monoisotopic (exact) mass is 247 g/mol. The van der Waals surface area contributed by atoms with Crippen molar-refractivity contribution >= 4 is 23.9 Å². The summed E-state index contributed by atoms with van der Waals surface area (Å²) in [4.78, 5) is 25.8. The van der Waals surface area contributed by atoms with Crippen molar-refractivity contribution < 1.29 is 14.7 Å². The van der Waals surface area contributed by atoms with Crippen LogP contribution in [0.3, 0.4) is 0 Å². The summed E-state index contributed by atoms with van der Waals surface area (Å²) in [7, 11) is 0. The third kappa shape index (κ3) is 3.89. The van der Waals surface area contributed by atoms with Crippen molar-refractivity contribution in [2.45, 2.75) is 18.9 Å². The summed E-state index contributed by atoms with van der Waals surface area (Å²) in [6.07, 6.45) is 6.01. The molecule has 0 unspecified atom stereocenters. The van der Waals surface area contributed by atoms with E-state index < -0.39 is 5.97 Å². The average molecular weight is 247 g/mol. The number of nitrogens with one attached hydrogen (secondary N) is 2. The SMILES string of the molecule is O=C(O)/C=C/c1ccnc(NC(=O)NC2CC2)c1. The predicted octanol–water partition coefficient (Wildman–Crippen LogP) is 1.46. The van der Waals surface area contributed by atoms with Crippen molar-refractivity contribution in [1.29, 1.82) is 0 Å². The maximum absolute atomic E-state index is 11.5. The standard InChI is InChI=1S/C12H13N3O3/c16-11(17)4-1-8-5-6-13-10(7-8)15-12(18)14-9-2-3-9/h1,4-7,9H,2-3H2,(H,16,17)(H2,13,14,15,18)/b4-1+. The molecule has 18 heavy (non-hydrogen) atoms. The zero-order valence-corrected chi connectivity index (χ0v) is 9.59. The van der Waals surface area contributed by atoms with Crippen LogP contribution >= 0.6 is 0 Å². The molecule has 1 heterocycles. The van der Waals surface area contributed by atoms with E-state index in [1.54, 1.807) is 12.1 Å². The summed E-state index contributed by atoms with van der Waals surface area (Å²) in [5.74, 6) is -0.631. The molecule has 0 aliphatic heterocycles. The van der Waals surface area contributed by atoms with Crippen LogP contribution in [-0.2, 0) is 4.79 Å². The number of aromatic nitrogens is 1. The molecule has 1 fully saturated rings. The van der Waals surface area contributed by atoms with Gasteiger partial charge in [-0.15, -0.1) is 0 Å². The number of urea groups is 1. The molecule has 0 aromatic carbocycles. The quantitative estimate of drug-likeness (QED) is 0.702. The fourth-order valence-electron chi connectivity index (χ4n) is 1.35. The molecular formula is C12H13N3O3. The zero-order valence-electron chi connectivity index (χ0n) is 9.59. The molecule has 3 N–H and O–H groups in total. The maximum atomic E-state index is 11.5. The van der Waals surface area contributed by atoms with E-state index in [0.717, 1.165) is 18.9 Å². The molecule has 0 bridgehead atoms. The first-order valence-corrected chi connectivity index (χ1v) is 5.58. The van der Waals surface area contributed by atoms with Gasteiger partial charge in [-0.25, -0.2) is 14.6 Å². The lowest BCUT2D eigenvalue weighted by Crippen LogP contribution is -2.30. The molecule has 0 radical (unpaired) electrons. The number of amides is 2. The molecule has 1 aromatic heterocycles. The normalized spacial score (nSPS) is 14.4. The van der Waals surface area contributed by atoms with Gasteiger partial charge in [0.15, 0.2) is 0 Å². The zero-order chi connectivity index (χ0) is 13.0. The number of carbonyl (C=O) groups is 2. The van der Waals surface area contributed by atoms with Crippen LogP contribution in [0.25, 0.3) is 6.08 Å². The van der Waals surface area contributed by atoms with Gasteiger partial charge < -0.3 is 10.4 Å². The van der Waals surface area contributed by atoms with Crippen LogP contribution in [0.15, 0.2) is 24.4 Å². The summed E-state index contributed by atoms with van der Waals surface area (Å²) >= 11 is 0. The first-order valence-electron chi connectivity index (χ1n) is 5.58. The van der Waals surface area contributed by atoms with Gasteiger partial charge in [0.1, 0.15) is 5.82 Å². The Kier molecular flexibility index (Phi) is 3.57. The molecule has 2 rings (SSSR count). The highest BCUT2D eigenvalue weighted by atomic mass is 16.4. The second kappa shape index (κ2) is 5.31. The van der Waals surface area contributed by atoms with Crippen LogP contribution in [0.2, 0.25) is 0 Å². The van der Waals surface area contributed by atoms with Gasteiger partial charge in [0, 0.05) is 18.3 Å². The highest BCUT2D eigenvalue weighted by molar-refractivity contribution is 5.89. The molecule has 2 amide bonds. The molecule has 1 aliphatic carbocycles. The molecule has 6 nitrogen and oxygen atoms in total. The van der Waals surface area contributed by atoms with Gasteiger partial charge in [-0.1, -0.05) is 0 Å². The Hall–Kier alpha value is -2.37. The molecular weight excluding hydrogens is 234 g/mol. The van der Waals surface area contributed by atoms with Crippen LogP contribution < -0.4 is 10.6 Å². The van der Waals surface area contributed by atoms with Gasteiger partial charge in [0.2, 0.25) is 0 Å². The first kappa shape index (κ1) is 12.1. The minimum atomic E-state index is -1.02. The summed E-state index contributed by atoms with van der Waals surface area (Å²) in [5.41, 5.74) is 0.661. The lowest BCUT2D eigenvalue weighted by molar-refractivity contribution is -0.131. The highest BCUT2D eigenvalue weighted by Crippen LogP contribution is 2.18. The minimum Gasteiger partial charge on any atom is -0.478 e. The fraction of sp³-hybridized carbons (Fsp3) is 0.250. The van der Waals surface area contributed by atoms with Crippen LogP contribution in [0.5, 0.6) is 0 Å². The van der Waals surface area contributed by atoms with Crippen LogP contribution in [-0.4, -0.2) is 28.1 Å². The molecule has 1 aliphatic rings. The van der Waals surface area contributed by atoms with Crippen molar-refractivity contribution in [2.24, 2.45) is 0 Å². The Bertz CT molecular complexity index is 495. The van der Waals surface area contributed by atoms with Crippen LogP contribution in [0.1, 0.15) is 18.4 Å². The van der Waals surface area contributed by atoms with Gasteiger partial charge in [-0.05, 0) is 36.6 Å². The van der Waals surface area contributed by atoms with E-state index >= 15 is 0 Å². The summed E-state index contributed by atoms with van der Waals surface area (Å²) in [5, 5.41) is 13.9. The second-order valence-corrected chi connectivity index (χ2v) is 4.02. The van der Waals surface area contributed by atoms with E-state index in [2.05, 4.69) is 15.6 Å². The van der Waals surface area contributed by atoms with Gasteiger partial charge in [-0.3, -0.25) is 5.32 Å². The number of pyridine rings is 1.